The first kappa shape index (κ1) is 14.9. The average molecular weight is 326 g/mol. The summed E-state index contributed by atoms with van der Waals surface area (Å²) in [6.07, 6.45) is -4.83. The molecule has 0 saturated heterocycles. The van der Waals surface area contributed by atoms with E-state index in [-0.39, 0.29) is 5.69 Å². The molecule has 0 radical (unpaired) electrons. The Morgan fingerprint density at radius 3 is 2.44 bits per heavy atom. The van der Waals surface area contributed by atoms with Crippen molar-refractivity contribution in [2.75, 3.05) is 5.32 Å². The minimum Gasteiger partial charge on any atom is -0.323 e. The van der Waals surface area contributed by atoms with Gasteiger partial charge in [0.2, 0.25) is 0 Å². The van der Waals surface area contributed by atoms with Gasteiger partial charge in [0.05, 0.1) is 11.4 Å². The fraction of sp³-hybridized carbons (Fsp3) is 0.400. The number of hydrogen-bond acceptors (Lipinski definition) is 3. The second kappa shape index (κ2) is 4.85. The second-order valence-electron chi connectivity index (χ2n) is 3.92. The summed E-state index contributed by atoms with van der Waals surface area (Å²) in [6, 6.07) is 2.95. The zero-order valence-corrected chi connectivity index (χ0v) is 11.2. The van der Waals surface area contributed by atoms with Crippen LogP contribution in [0, 0.1) is 6.92 Å². The molecule has 0 aromatic carbocycles. The summed E-state index contributed by atoms with van der Waals surface area (Å²) in [5.74, 6) is -1.33. The molecule has 1 aromatic heterocycles. The zero-order valence-electron chi connectivity index (χ0n) is 9.60. The molecule has 0 spiro atoms. The van der Waals surface area contributed by atoms with Crippen LogP contribution in [0.2, 0.25) is 0 Å². The van der Waals surface area contributed by atoms with Gasteiger partial charge in [-0.1, -0.05) is 0 Å². The quantitative estimate of drug-likeness (QED) is 0.820. The lowest BCUT2D eigenvalue weighted by molar-refractivity contribution is -0.184. The highest BCUT2D eigenvalue weighted by Crippen LogP contribution is 2.29. The summed E-state index contributed by atoms with van der Waals surface area (Å²) < 4.78 is 38.1. The number of alkyl halides is 3. The van der Waals surface area contributed by atoms with Crippen molar-refractivity contribution in [3.05, 3.63) is 22.4 Å². The smallest absolute Gasteiger partial charge is 0.323 e. The van der Waals surface area contributed by atoms with E-state index in [1.165, 1.54) is 12.1 Å². The van der Waals surface area contributed by atoms with Crippen LogP contribution in [0.25, 0.3) is 0 Å². The number of halogens is 4. The Hall–Kier alpha value is -1.15. The second-order valence-corrected chi connectivity index (χ2v) is 4.73. The van der Waals surface area contributed by atoms with Crippen molar-refractivity contribution in [3.8, 4) is 0 Å². The van der Waals surface area contributed by atoms with Crippen molar-refractivity contribution in [2.45, 2.75) is 25.6 Å². The maximum atomic E-state index is 12.5. The molecule has 0 fully saturated rings. The number of aromatic nitrogens is 1. The number of nitrogens with zero attached hydrogens (tertiary/aromatic N) is 1. The molecular weight excluding hydrogens is 315 g/mol. The highest BCUT2D eigenvalue weighted by Gasteiger charge is 2.54. The number of anilines is 1. The number of aryl methyl sites for hydroxylation is 1. The number of nitrogens with one attached hydrogen (secondary N) is 1. The fourth-order valence-corrected chi connectivity index (χ4v) is 1.44. The number of hydrogen-bond donors (Lipinski definition) is 2. The fourth-order valence-electron chi connectivity index (χ4n) is 1.04. The molecule has 8 heteroatoms. The van der Waals surface area contributed by atoms with E-state index < -0.39 is 17.6 Å². The van der Waals surface area contributed by atoms with Crippen LogP contribution in [0.5, 0.6) is 0 Å². The Labute approximate surface area is 110 Å². The molecule has 18 heavy (non-hydrogen) atoms. The molecule has 1 heterocycles. The lowest BCUT2D eigenvalue weighted by atomic mass is 10.0. The summed E-state index contributed by atoms with van der Waals surface area (Å²) in [5.41, 5.74) is 2.62. The van der Waals surface area contributed by atoms with Crippen molar-refractivity contribution in [1.29, 1.82) is 0 Å². The van der Waals surface area contributed by atoms with E-state index in [1.807, 2.05) is 0 Å². The minimum absolute atomic E-state index is 0.184. The van der Waals surface area contributed by atoms with Crippen LogP contribution in [0.1, 0.15) is 12.6 Å². The van der Waals surface area contributed by atoms with Gasteiger partial charge in [-0.05, 0) is 41.9 Å². The van der Waals surface area contributed by atoms with Crippen LogP contribution >= 0.6 is 15.9 Å². The van der Waals surface area contributed by atoms with E-state index >= 15 is 0 Å². The van der Waals surface area contributed by atoms with E-state index in [2.05, 4.69) is 26.2 Å². The van der Waals surface area contributed by atoms with Crippen LogP contribution in [-0.4, -0.2) is 22.6 Å². The topological polar surface area (TPSA) is 68.0 Å². The molecule has 1 rings (SSSR count). The summed E-state index contributed by atoms with van der Waals surface area (Å²) in [7, 11) is 0. The molecule has 3 N–H and O–H groups in total. The van der Waals surface area contributed by atoms with E-state index in [0.29, 0.717) is 17.2 Å². The number of amides is 1. The first-order valence-electron chi connectivity index (χ1n) is 4.86. The van der Waals surface area contributed by atoms with Gasteiger partial charge in [0.15, 0.2) is 5.54 Å². The van der Waals surface area contributed by atoms with E-state index in [0.717, 1.165) is 0 Å². The van der Waals surface area contributed by atoms with Crippen molar-refractivity contribution >= 4 is 27.5 Å². The van der Waals surface area contributed by atoms with Crippen molar-refractivity contribution in [2.24, 2.45) is 5.73 Å². The Bertz CT molecular complexity index is 474. The van der Waals surface area contributed by atoms with Crippen molar-refractivity contribution in [3.63, 3.8) is 0 Å². The molecule has 0 aliphatic carbocycles. The first-order chi connectivity index (χ1) is 8.05. The molecule has 1 atom stereocenters. The summed E-state index contributed by atoms with van der Waals surface area (Å²) in [5, 5.41) is 2.12. The number of pyridine rings is 1. The Morgan fingerprint density at radius 2 is 2.00 bits per heavy atom. The third-order valence-corrected chi connectivity index (χ3v) is 2.80. The van der Waals surface area contributed by atoms with Crippen LogP contribution in [0.15, 0.2) is 16.7 Å². The minimum atomic E-state index is -4.83. The predicted octanol–water partition coefficient (Wildman–Crippen LogP) is 2.37. The lowest BCUT2D eigenvalue weighted by Gasteiger charge is -2.26. The summed E-state index contributed by atoms with van der Waals surface area (Å²) >= 11 is 3.11. The third-order valence-electron chi connectivity index (χ3n) is 2.36. The molecule has 0 aliphatic heterocycles. The Kier molecular flexibility index (Phi) is 4.02. The van der Waals surface area contributed by atoms with Gasteiger partial charge in [0, 0.05) is 0 Å². The molecule has 1 aromatic rings. The first-order valence-corrected chi connectivity index (χ1v) is 5.65. The third kappa shape index (κ3) is 2.99. The van der Waals surface area contributed by atoms with E-state index in [4.69, 9.17) is 5.73 Å². The van der Waals surface area contributed by atoms with E-state index in [1.54, 1.807) is 6.92 Å². The van der Waals surface area contributed by atoms with Gasteiger partial charge < -0.3 is 11.1 Å². The molecular formula is C10H11BrF3N3O. The number of nitrogens with two attached hydrogens (primary N) is 1. The predicted molar refractivity (Wildman–Crippen MR) is 64.0 cm³/mol. The lowest BCUT2D eigenvalue weighted by Crippen LogP contribution is -2.59. The molecule has 0 aliphatic rings. The van der Waals surface area contributed by atoms with Gasteiger partial charge >= 0.3 is 6.18 Å². The standard InChI is InChI=1S/C10H11BrF3N3O/c1-5-6(3-4-7(11)16-5)17-8(18)9(2,15)10(12,13)14/h3-4H,15H2,1-2H3,(H,17,18). The highest BCUT2D eigenvalue weighted by atomic mass is 79.9. The van der Waals surface area contributed by atoms with Gasteiger partial charge in [-0.3, -0.25) is 4.79 Å². The monoisotopic (exact) mass is 325 g/mol. The molecule has 4 nitrogen and oxygen atoms in total. The number of rotatable bonds is 2. The van der Waals surface area contributed by atoms with Crippen molar-refractivity contribution in [1.82, 2.24) is 4.98 Å². The number of carbonyl (C=O) groups is 1. The number of carbonyl (C=O) groups excluding carboxylic acids is 1. The van der Waals surface area contributed by atoms with Gasteiger partial charge in [0.1, 0.15) is 4.60 Å². The molecule has 1 unspecified atom stereocenters. The highest BCUT2D eigenvalue weighted by molar-refractivity contribution is 9.10. The van der Waals surface area contributed by atoms with Crippen LogP contribution in [0.4, 0.5) is 18.9 Å². The molecule has 1 amide bonds. The zero-order chi connectivity index (χ0) is 14.1. The van der Waals surface area contributed by atoms with Gasteiger partial charge in [0.25, 0.3) is 5.91 Å². The maximum absolute atomic E-state index is 12.5. The van der Waals surface area contributed by atoms with Crippen molar-refractivity contribution < 1.29 is 18.0 Å². The van der Waals surface area contributed by atoms with Crippen LogP contribution < -0.4 is 11.1 Å². The van der Waals surface area contributed by atoms with Gasteiger partial charge in [-0.25, -0.2) is 4.98 Å². The van der Waals surface area contributed by atoms with Gasteiger partial charge in [-0.15, -0.1) is 0 Å². The molecule has 100 valence electrons. The molecule has 0 saturated carbocycles. The normalized spacial score (nSPS) is 15.1. The largest absolute Gasteiger partial charge is 0.415 e. The maximum Gasteiger partial charge on any atom is 0.415 e. The van der Waals surface area contributed by atoms with E-state index in [9.17, 15) is 18.0 Å². The Balaban J connectivity index is 2.95. The summed E-state index contributed by atoms with van der Waals surface area (Å²) in [4.78, 5) is 15.5. The average Bonchev–Trinajstić information content (AvgIpc) is 2.20. The summed E-state index contributed by atoms with van der Waals surface area (Å²) in [6.45, 7) is 2.17. The SMILES string of the molecule is Cc1nc(Br)ccc1NC(=O)C(C)(N)C(F)(F)F. The molecule has 0 bridgehead atoms. The Morgan fingerprint density at radius 1 is 1.44 bits per heavy atom. The van der Waals surface area contributed by atoms with Crippen LogP contribution in [-0.2, 0) is 4.79 Å². The van der Waals surface area contributed by atoms with Crippen LogP contribution in [0.3, 0.4) is 0 Å². The van der Waals surface area contributed by atoms with Gasteiger partial charge in [-0.2, -0.15) is 13.2 Å².